The first-order valence-electron chi connectivity index (χ1n) is 11.5. The molecule has 0 radical (unpaired) electrons. The highest BCUT2D eigenvalue weighted by Gasteiger charge is 2.37. The van der Waals surface area contributed by atoms with Gasteiger partial charge in [0, 0.05) is 56.7 Å². The highest BCUT2D eigenvalue weighted by molar-refractivity contribution is 5.98. The quantitative estimate of drug-likeness (QED) is 0.769. The van der Waals surface area contributed by atoms with E-state index < -0.39 is 0 Å². The van der Waals surface area contributed by atoms with Gasteiger partial charge >= 0.3 is 0 Å². The molecule has 5 rings (SSSR count). The lowest BCUT2D eigenvalue weighted by molar-refractivity contribution is -0.142. The van der Waals surface area contributed by atoms with Crippen LogP contribution >= 0.6 is 0 Å². The zero-order chi connectivity index (χ0) is 21.4. The average molecular weight is 420 g/mol. The molecule has 31 heavy (non-hydrogen) atoms. The smallest absolute Gasteiger partial charge is 0.253 e. The Morgan fingerprint density at radius 2 is 1.16 bits per heavy atom. The van der Waals surface area contributed by atoms with Gasteiger partial charge in [-0.25, -0.2) is 0 Å². The van der Waals surface area contributed by atoms with E-state index in [-0.39, 0.29) is 29.6 Å². The zero-order valence-corrected chi connectivity index (χ0v) is 17.8. The number of fused-ring (bicyclic) bond motifs is 1. The Morgan fingerprint density at radius 1 is 0.613 bits per heavy atom. The molecule has 6 nitrogen and oxygen atoms in total. The van der Waals surface area contributed by atoms with Crippen LogP contribution in [0.4, 0.5) is 0 Å². The first-order valence-corrected chi connectivity index (χ1v) is 11.5. The summed E-state index contributed by atoms with van der Waals surface area (Å²) >= 11 is 0. The van der Waals surface area contributed by atoms with Crippen LogP contribution in [0.25, 0.3) is 10.8 Å². The summed E-state index contributed by atoms with van der Waals surface area (Å²) in [4.78, 5) is 43.9. The van der Waals surface area contributed by atoms with Crippen LogP contribution in [-0.2, 0) is 9.59 Å². The normalized spacial score (nSPS) is 20.2. The molecule has 2 aromatic rings. The third kappa shape index (κ3) is 4.16. The highest BCUT2D eigenvalue weighted by atomic mass is 16.2. The monoisotopic (exact) mass is 419 g/mol. The van der Waals surface area contributed by atoms with Crippen molar-refractivity contribution in [1.29, 1.82) is 0 Å². The number of carbonyl (C=O) groups is 3. The summed E-state index contributed by atoms with van der Waals surface area (Å²) in [6, 6.07) is 13.9. The van der Waals surface area contributed by atoms with E-state index in [0.717, 1.165) is 36.5 Å². The Labute approximate surface area is 182 Å². The summed E-state index contributed by atoms with van der Waals surface area (Å²) in [6.45, 7) is 3.70. The largest absolute Gasteiger partial charge is 0.342 e. The Morgan fingerprint density at radius 3 is 1.81 bits per heavy atom. The van der Waals surface area contributed by atoms with Crippen molar-refractivity contribution in [2.24, 2.45) is 11.8 Å². The number of likely N-dealkylation sites (tertiary alicyclic amines) is 1. The van der Waals surface area contributed by atoms with Crippen LogP contribution < -0.4 is 0 Å². The molecule has 0 unspecified atom stereocenters. The highest BCUT2D eigenvalue weighted by Crippen LogP contribution is 2.32. The molecular weight excluding hydrogens is 390 g/mol. The fraction of sp³-hybridized carbons (Fsp3) is 0.480. The van der Waals surface area contributed by atoms with Crippen molar-refractivity contribution in [3.63, 3.8) is 0 Å². The summed E-state index contributed by atoms with van der Waals surface area (Å²) in [7, 11) is 0. The number of piperazine rings is 1. The van der Waals surface area contributed by atoms with Crippen LogP contribution in [0.2, 0.25) is 0 Å². The number of nitrogens with zero attached hydrogens (tertiary/aromatic N) is 3. The molecule has 3 fully saturated rings. The van der Waals surface area contributed by atoms with Gasteiger partial charge in [-0.2, -0.15) is 0 Å². The fourth-order valence-corrected chi connectivity index (χ4v) is 4.83. The Kier molecular flexibility index (Phi) is 5.38. The van der Waals surface area contributed by atoms with Crippen LogP contribution in [-0.4, -0.2) is 71.7 Å². The second kappa shape index (κ2) is 8.33. The van der Waals surface area contributed by atoms with E-state index in [4.69, 9.17) is 0 Å². The first kappa shape index (κ1) is 20.0. The van der Waals surface area contributed by atoms with Gasteiger partial charge in [0.2, 0.25) is 11.8 Å². The van der Waals surface area contributed by atoms with Crippen LogP contribution in [0.1, 0.15) is 36.0 Å². The summed E-state index contributed by atoms with van der Waals surface area (Å²) in [6.07, 6.45) is 3.57. The van der Waals surface area contributed by atoms with Crippen molar-refractivity contribution in [3.05, 3.63) is 48.0 Å². The van der Waals surface area contributed by atoms with Gasteiger partial charge < -0.3 is 14.7 Å². The molecule has 2 aliphatic heterocycles. The molecule has 2 heterocycles. The summed E-state index contributed by atoms with van der Waals surface area (Å²) in [5, 5.41) is 2.19. The lowest BCUT2D eigenvalue weighted by Gasteiger charge is -2.38. The molecule has 0 aromatic heterocycles. The van der Waals surface area contributed by atoms with Crippen LogP contribution in [0, 0.1) is 11.8 Å². The van der Waals surface area contributed by atoms with Gasteiger partial charge in [0.25, 0.3) is 5.91 Å². The third-order valence-corrected chi connectivity index (χ3v) is 6.96. The zero-order valence-electron chi connectivity index (χ0n) is 17.8. The molecular formula is C25H29N3O3. The van der Waals surface area contributed by atoms with E-state index in [1.165, 1.54) is 0 Å². The maximum absolute atomic E-state index is 13.0. The minimum atomic E-state index is 0.00555. The van der Waals surface area contributed by atoms with E-state index in [1.54, 1.807) is 0 Å². The molecule has 162 valence electrons. The number of hydrogen-bond acceptors (Lipinski definition) is 3. The standard InChI is InChI=1S/C25H29N3O3/c29-23(19-6-7-19)26-11-9-20(10-12-26)24(30)27-13-15-28(16-14-27)25(31)22-8-5-18-3-1-2-4-21(18)17-22/h1-5,8,17,19-20H,6-7,9-16H2. The number of carbonyl (C=O) groups excluding carboxylic acids is 3. The number of hydrogen-bond donors (Lipinski definition) is 0. The molecule has 0 N–H and O–H groups in total. The summed E-state index contributed by atoms with van der Waals surface area (Å²) < 4.78 is 0. The lowest BCUT2D eigenvalue weighted by atomic mass is 9.94. The van der Waals surface area contributed by atoms with Crippen molar-refractivity contribution in [2.75, 3.05) is 39.3 Å². The second-order valence-electron chi connectivity index (χ2n) is 9.05. The van der Waals surface area contributed by atoms with E-state index in [0.29, 0.717) is 44.8 Å². The van der Waals surface area contributed by atoms with Crippen molar-refractivity contribution in [1.82, 2.24) is 14.7 Å². The van der Waals surface area contributed by atoms with E-state index in [9.17, 15) is 14.4 Å². The van der Waals surface area contributed by atoms with Gasteiger partial charge in [-0.1, -0.05) is 30.3 Å². The van der Waals surface area contributed by atoms with E-state index in [2.05, 4.69) is 0 Å². The van der Waals surface area contributed by atoms with Crippen LogP contribution in [0.15, 0.2) is 42.5 Å². The molecule has 6 heteroatoms. The average Bonchev–Trinajstić information content (AvgIpc) is 3.68. The minimum Gasteiger partial charge on any atom is -0.342 e. The first-order chi connectivity index (χ1) is 15.1. The van der Waals surface area contributed by atoms with Crippen molar-refractivity contribution < 1.29 is 14.4 Å². The molecule has 1 aliphatic carbocycles. The fourth-order valence-electron chi connectivity index (χ4n) is 4.83. The Hall–Kier alpha value is -2.89. The molecule has 3 amide bonds. The summed E-state index contributed by atoms with van der Waals surface area (Å²) in [5.74, 6) is 0.763. The third-order valence-electron chi connectivity index (χ3n) is 6.96. The Bertz CT molecular complexity index is 1000. The second-order valence-corrected chi connectivity index (χ2v) is 9.05. The molecule has 2 saturated heterocycles. The molecule has 1 saturated carbocycles. The molecule has 2 aromatic carbocycles. The maximum atomic E-state index is 13.0. The van der Waals surface area contributed by atoms with Gasteiger partial charge in [-0.3, -0.25) is 14.4 Å². The van der Waals surface area contributed by atoms with E-state index >= 15 is 0 Å². The van der Waals surface area contributed by atoms with Gasteiger partial charge in [0.1, 0.15) is 0 Å². The number of amides is 3. The molecule has 0 bridgehead atoms. The van der Waals surface area contributed by atoms with Crippen LogP contribution in [0.3, 0.4) is 0 Å². The SMILES string of the molecule is O=C(c1ccc2ccccc2c1)N1CCN(C(=O)C2CCN(C(=O)C3CC3)CC2)CC1. The van der Waals surface area contributed by atoms with Gasteiger partial charge in [0.05, 0.1) is 0 Å². The lowest BCUT2D eigenvalue weighted by Crippen LogP contribution is -2.53. The topological polar surface area (TPSA) is 60.9 Å². The predicted octanol–water partition coefficient (Wildman–Crippen LogP) is 2.77. The van der Waals surface area contributed by atoms with Crippen molar-refractivity contribution >= 4 is 28.5 Å². The maximum Gasteiger partial charge on any atom is 0.253 e. The van der Waals surface area contributed by atoms with E-state index in [1.807, 2.05) is 57.2 Å². The predicted molar refractivity (Wildman–Crippen MR) is 118 cm³/mol. The van der Waals surface area contributed by atoms with Gasteiger partial charge in [-0.15, -0.1) is 0 Å². The summed E-state index contributed by atoms with van der Waals surface area (Å²) in [5.41, 5.74) is 0.700. The van der Waals surface area contributed by atoms with Crippen molar-refractivity contribution in [2.45, 2.75) is 25.7 Å². The van der Waals surface area contributed by atoms with Gasteiger partial charge in [0.15, 0.2) is 0 Å². The molecule has 3 aliphatic rings. The number of benzene rings is 2. The molecule has 0 spiro atoms. The molecule has 0 atom stereocenters. The minimum absolute atomic E-state index is 0.00555. The number of rotatable bonds is 3. The Balaban J connectivity index is 1.14. The van der Waals surface area contributed by atoms with Crippen molar-refractivity contribution in [3.8, 4) is 0 Å². The van der Waals surface area contributed by atoms with Gasteiger partial charge in [-0.05, 0) is 48.6 Å². The number of piperidine rings is 1. The van der Waals surface area contributed by atoms with Crippen LogP contribution in [0.5, 0.6) is 0 Å².